The van der Waals surface area contributed by atoms with Crippen LogP contribution in [0.4, 0.5) is 0 Å². The monoisotopic (exact) mass is 330 g/mol. The minimum atomic E-state index is -3.54. The van der Waals surface area contributed by atoms with Gasteiger partial charge in [-0.2, -0.15) is 0 Å². The molecule has 0 N–H and O–H groups in total. The van der Waals surface area contributed by atoms with E-state index in [-0.39, 0.29) is 10.0 Å². The van der Waals surface area contributed by atoms with E-state index < -0.39 is 7.82 Å². The van der Waals surface area contributed by atoms with Gasteiger partial charge in [0.2, 0.25) is 0 Å². The lowest BCUT2D eigenvalue weighted by Gasteiger charge is -2.10. The Kier molecular flexibility index (Phi) is 5.99. The maximum absolute atomic E-state index is 11.5. The summed E-state index contributed by atoms with van der Waals surface area (Å²) in [4.78, 5) is 0. The second-order valence-corrected chi connectivity index (χ2v) is 5.98. The molecule has 0 saturated heterocycles. The molecule has 0 atom stereocenters. The van der Waals surface area contributed by atoms with Crippen molar-refractivity contribution in [2.75, 3.05) is 14.2 Å². The number of halogens is 3. The number of hydrogen-bond acceptors (Lipinski definition) is 4. The zero-order valence-corrected chi connectivity index (χ0v) is 12.7. The molecule has 0 aromatic heterocycles. The van der Waals surface area contributed by atoms with Crippen molar-refractivity contribution in [3.63, 3.8) is 0 Å². The quantitative estimate of drug-likeness (QED) is 0.431. The smallest absolute Gasteiger partial charge is 0.412 e. The zero-order chi connectivity index (χ0) is 13.8. The molecule has 0 fully saturated rings. The van der Waals surface area contributed by atoms with Gasteiger partial charge in [0, 0.05) is 14.2 Å². The van der Waals surface area contributed by atoms with Gasteiger partial charge in [0.25, 0.3) is 0 Å². The second kappa shape index (κ2) is 6.80. The minimum Gasteiger partial charge on any atom is -0.412 e. The van der Waals surface area contributed by atoms with Crippen LogP contribution in [0.1, 0.15) is 5.56 Å². The van der Waals surface area contributed by atoms with Crippen molar-refractivity contribution in [1.29, 1.82) is 0 Å². The Morgan fingerprint density at radius 3 is 2.28 bits per heavy atom. The first-order valence-electron chi connectivity index (χ1n) is 4.63. The van der Waals surface area contributed by atoms with Crippen LogP contribution >= 0.6 is 42.6 Å². The Hall–Kier alpha value is -0.220. The summed E-state index contributed by atoms with van der Waals surface area (Å²) >= 11 is 17.6. The highest BCUT2D eigenvalue weighted by molar-refractivity contribution is 7.48. The van der Waals surface area contributed by atoms with Gasteiger partial charge in [0.15, 0.2) is 0 Å². The van der Waals surface area contributed by atoms with Gasteiger partial charge < -0.3 is 4.52 Å². The van der Waals surface area contributed by atoms with Crippen molar-refractivity contribution in [1.82, 2.24) is 0 Å². The van der Waals surface area contributed by atoms with E-state index >= 15 is 0 Å². The third-order valence-electron chi connectivity index (χ3n) is 1.95. The molecule has 0 spiro atoms. The number of benzene rings is 1. The largest absolute Gasteiger partial charge is 0.528 e. The highest BCUT2D eigenvalue weighted by Gasteiger charge is 2.21. The molecule has 0 aliphatic heterocycles. The van der Waals surface area contributed by atoms with E-state index in [4.69, 9.17) is 39.3 Å². The topological polar surface area (TPSA) is 44.8 Å². The fraction of sp³-hybridized carbons (Fsp3) is 0.200. The van der Waals surface area contributed by atoms with E-state index in [2.05, 4.69) is 9.05 Å². The molecule has 0 amide bonds. The molecule has 0 heterocycles. The fourth-order valence-corrected chi connectivity index (χ4v) is 2.15. The molecule has 0 aliphatic rings. The van der Waals surface area contributed by atoms with Crippen molar-refractivity contribution in [3.05, 3.63) is 39.0 Å². The van der Waals surface area contributed by atoms with Gasteiger partial charge in [-0.3, -0.25) is 9.05 Å². The SMILES string of the molecule is COP(=O)(OC)O/C=C\c1ccc(Cl)c(Cl)c1Cl. The average molecular weight is 332 g/mol. The van der Waals surface area contributed by atoms with Gasteiger partial charge in [0.1, 0.15) is 0 Å². The van der Waals surface area contributed by atoms with Crippen LogP contribution in [-0.2, 0) is 18.1 Å². The Morgan fingerprint density at radius 1 is 1.11 bits per heavy atom. The molecule has 0 unspecified atom stereocenters. The van der Waals surface area contributed by atoms with Crippen molar-refractivity contribution in [2.45, 2.75) is 0 Å². The van der Waals surface area contributed by atoms with Gasteiger partial charge in [0.05, 0.1) is 21.3 Å². The Bertz CT molecular complexity index is 496. The lowest BCUT2D eigenvalue weighted by molar-refractivity contribution is 0.194. The molecule has 100 valence electrons. The predicted octanol–water partition coefficient (Wildman–Crippen LogP) is 5.04. The Morgan fingerprint density at radius 2 is 1.72 bits per heavy atom. The van der Waals surface area contributed by atoms with E-state index in [0.717, 1.165) is 6.26 Å². The maximum Gasteiger partial charge on any atom is 0.528 e. The first-order chi connectivity index (χ1) is 8.43. The summed E-state index contributed by atoms with van der Waals surface area (Å²) in [6, 6.07) is 3.22. The highest BCUT2D eigenvalue weighted by Crippen LogP contribution is 2.48. The van der Waals surface area contributed by atoms with Crippen LogP contribution in [-0.4, -0.2) is 14.2 Å². The number of phosphoric acid groups is 1. The lowest BCUT2D eigenvalue weighted by Crippen LogP contribution is -1.89. The van der Waals surface area contributed by atoms with E-state index in [1.807, 2.05) is 0 Å². The van der Waals surface area contributed by atoms with Gasteiger partial charge >= 0.3 is 7.82 Å². The van der Waals surface area contributed by atoms with Crippen LogP contribution in [0.15, 0.2) is 18.4 Å². The molecule has 18 heavy (non-hydrogen) atoms. The summed E-state index contributed by atoms with van der Waals surface area (Å²) in [5.41, 5.74) is 0.560. The van der Waals surface area contributed by atoms with Crippen LogP contribution in [0.5, 0.6) is 0 Å². The summed E-state index contributed by atoms with van der Waals surface area (Å²) in [6.07, 6.45) is 2.62. The van der Waals surface area contributed by atoms with Crippen LogP contribution in [0.2, 0.25) is 15.1 Å². The normalized spacial score (nSPS) is 12.1. The summed E-state index contributed by atoms with van der Waals surface area (Å²) in [7, 11) is -1.12. The van der Waals surface area contributed by atoms with Gasteiger partial charge in [-0.15, -0.1) is 0 Å². The molecule has 1 aromatic rings. The van der Waals surface area contributed by atoms with E-state index in [9.17, 15) is 4.57 Å². The summed E-state index contributed by atoms with van der Waals surface area (Å²) in [5.74, 6) is 0. The highest BCUT2D eigenvalue weighted by atomic mass is 35.5. The van der Waals surface area contributed by atoms with E-state index in [1.54, 1.807) is 12.1 Å². The molecule has 1 rings (SSSR count). The molecular formula is C10H10Cl3O4P. The average Bonchev–Trinajstić information content (AvgIpc) is 2.38. The zero-order valence-electron chi connectivity index (χ0n) is 9.52. The molecule has 8 heteroatoms. The van der Waals surface area contributed by atoms with E-state index in [0.29, 0.717) is 10.6 Å². The molecule has 0 bridgehead atoms. The molecule has 0 saturated carbocycles. The van der Waals surface area contributed by atoms with Crippen LogP contribution in [0, 0.1) is 0 Å². The molecule has 1 aromatic carbocycles. The van der Waals surface area contributed by atoms with Gasteiger partial charge in [-0.1, -0.05) is 40.9 Å². The van der Waals surface area contributed by atoms with Crippen molar-refractivity contribution in [3.8, 4) is 0 Å². The van der Waals surface area contributed by atoms with Crippen LogP contribution in [0.3, 0.4) is 0 Å². The molecule has 0 aliphatic carbocycles. The first kappa shape index (κ1) is 15.8. The minimum absolute atomic E-state index is 0.238. The van der Waals surface area contributed by atoms with Crippen molar-refractivity contribution >= 4 is 48.7 Å². The van der Waals surface area contributed by atoms with Gasteiger partial charge in [-0.05, 0) is 17.7 Å². The molecular weight excluding hydrogens is 321 g/mol. The molecule has 0 radical (unpaired) electrons. The predicted molar refractivity (Wildman–Crippen MR) is 73.2 cm³/mol. The third kappa shape index (κ3) is 3.89. The summed E-state index contributed by atoms with van der Waals surface area (Å²) in [5, 5.41) is 0.857. The van der Waals surface area contributed by atoms with Gasteiger partial charge in [-0.25, -0.2) is 4.57 Å². The fourth-order valence-electron chi connectivity index (χ4n) is 1.01. The summed E-state index contributed by atoms with van der Waals surface area (Å²) < 4.78 is 25.6. The first-order valence-corrected chi connectivity index (χ1v) is 7.23. The number of phosphoric ester groups is 1. The summed E-state index contributed by atoms with van der Waals surface area (Å²) in [6.45, 7) is 0. The number of rotatable bonds is 5. The van der Waals surface area contributed by atoms with E-state index in [1.165, 1.54) is 20.3 Å². The molecule has 4 nitrogen and oxygen atoms in total. The Labute approximate surface area is 120 Å². The second-order valence-electron chi connectivity index (χ2n) is 2.99. The van der Waals surface area contributed by atoms with Crippen molar-refractivity contribution < 1.29 is 18.1 Å². The Balaban J connectivity index is 2.86. The van der Waals surface area contributed by atoms with Crippen LogP contribution in [0.25, 0.3) is 6.08 Å². The van der Waals surface area contributed by atoms with Crippen LogP contribution < -0.4 is 0 Å². The standard InChI is InChI=1S/C10H10Cl3O4P/c1-15-18(14,16-2)17-6-5-7-3-4-8(11)10(13)9(7)12/h3-6H,1-2H3/b6-5-. The number of hydrogen-bond donors (Lipinski definition) is 0. The van der Waals surface area contributed by atoms with Crippen molar-refractivity contribution in [2.24, 2.45) is 0 Å². The maximum atomic E-state index is 11.5. The lowest BCUT2D eigenvalue weighted by atomic mass is 10.2. The third-order valence-corrected chi connectivity index (χ3v) is 4.53.